The van der Waals surface area contributed by atoms with Gasteiger partial charge in [0.05, 0.1) is 5.69 Å². The Morgan fingerprint density at radius 3 is 2.32 bits per heavy atom. The van der Waals surface area contributed by atoms with Crippen LogP contribution in [0.3, 0.4) is 0 Å². The standard InChI is InChI=1S/C22H22ClF3N4O/c1-12-7-9-15(10-8-12)16-11-17(22(24,25)26)30-20(27-16)18(23)19(28-30)21(31)29-13(2)5-4-6-14(29)3/h7-11,13-14H,4-6H2,1-3H3/t13-,14-/m1/s1. The van der Waals surface area contributed by atoms with Gasteiger partial charge in [-0.15, -0.1) is 0 Å². The largest absolute Gasteiger partial charge is 0.433 e. The van der Waals surface area contributed by atoms with Crippen LogP contribution < -0.4 is 0 Å². The first-order chi connectivity index (χ1) is 14.6. The van der Waals surface area contributed by atoms with E-state index >= 15 is 0 Å². The number of nitrogens with zero attached hydrogens (tertiary/aromatic N) is 4. The van der Waals surface area contributed by atoms with Gasteiger partial charge in [0.25, 0.3) is 5.91 Å². The molecule has 1 fully saturated rings. The number of likely N-dealkylation sites (tertiary alicyclic amines) is 1. The summed E-state index contributed by atoms with van der Waals surface area (Å²) < 4.78 is 42.2. The Balaban J connectivity index is 1.89. The van der Waals surface area contributed by atoms with E-state index in [2.05, 4.69) is 10.1 Å². The van der Waals surface area contributed by atoms with Gasteiger partial charge in [-0.3, -0.25) is 4.79 Å². The van der Waals surface area contributed by atoms with Gasteiger partial charge in [-0.25, -0.2) is 9.50 Å². The number of rotatable bonds is 2. The third kappa shape index (κ3) is 3.89. The number of carbonyl (C=O) groups is 1. The minimum atomic E-state index is -4.71. The molecule has 0 aliphatic carbocycles. The van der Waals surface area contributed by atoms with Crippen LogP contribution in [0.15, 0.2) is 30.3 Å². The number of hydrogen-bond acceptors (Lipinski definition) is 3. The lowest BCUT2D eigenvalue weighted by Crippen LogP contribution is -2.47. The molecule has 5 nitrogen and oxygen atoms in total. The molecule has 4 rings (SSSR count). The third-order valence-electron chi connectivity index (χ3n) is 5.80. The lowest BCUT2D eigenvalue weighted by atomic mass is 9.97. The Kier molecular flexibility index (Phi) is 5.45. The van der Waals surface area contributed by atoms with Gasteiger partial charge in [-0.05, 0) is 46.1 Å². The van der Waals surface area contributed by atoms with Crippen molar-refractivity contribution in [3.05, 3.63) is 52.3 Å². The number of carbonyl (C=O) groups excluding carboxylic acids is 1. The maximum atomic E-state index is 13.9. The molecule has 0 bridgehead atoms. The van der Waals surface area contributed by atoms with Gasteiger partial charge in [0.1, 0.15) is 5.02 Å². The molecule has 164 valence electrons. The van der Waals surface area contributed by atoms with Crippen LogP contribution >= 0.6 is 11.6 Å². The fraction of sp³-hybridized carbons (Fsp3) is 0.409. The van der Waals surface area contributed by atoms with Crippen molar-refractivity contribution in [1.82, 2.24) is 19.5 Å². The van der Waals surface area contributed by atoms with Gasteiger partial charge >= 0.3 is 6.18 Å². The number of alkyl halides is 3. The van der Waals surface area contributed by atoms with Gasteiger partial charge < -0.3 is 4.90 Å². The number of amides is 1. The second kappa shape index (κ2) is 7.82. The SMILES string of the molecule is Cc1ccc(-c2cc(C(F)(F)F)n3nc(C(=O)N4[C@H](C)CCC[C@H]4C)c(Cl)c3n2)cc1. The quantitative estimate of drug-likeness (QED) is 0.497. The van der Waals surface area contributed by atoms with Crippen LogP contribution in [-0.2, 0) is 6.18 Å². The predicted octanol–water partition coefficient (Wildman–Crippen LogP) is 5.78. The minimum absolute atomic E-state index is 0.0460. The van der Waals surface area contributed by atoms with E-state index in [4.69, 9.17) is 11.6 Å². The van der Waals surface area contributed by atoms with Gasteiger partial charge in [-0.1, -0.05) is 41.4 Å². The topological polar surface area (TPSA) is 50.5 Å². The van der Waals surface area contributed by atoms with Gasteiger partial charge in [0.15, 0.2) is 17.0 Å². The van der Waals surface area contributed by atoms with Crippen molar-refractivity contribution in [2.45, 2.75) is 58.3 Å². The van der Waals surface area contributed by atoms with Crippen molar-refractivity contribution in [1.29, 1.82) is 0 Å². The van der Waals surface area contributed by atoms with Gasteiger partial charge in [0.2, 0.25) is 0 Å². The minimum Gasteiger partial charge on any atom is -0.332 e. The van der Waals surface area contributed by atoms with Gasteiger partial charge in [-0.2, -0.15) is 18.3 Å². The van der Waals surface area contributed by atoms with E-state index in [1.807, 2.05) is 20.8 Å². The zero-order valence-electron chi connectivity index (χ0n) is 17.4. The molecule has 0 spiro atoms. The Labute approximate surface area is 182 Å². The molecule has 1 aromatic carbocycles. The molecule has 1 aliphatic rings. The number of fused-ring (bicyclic) bond motifs is 1. The predicted molar refractivity (Wildman–Crippen MR) is 112 cm³/mol. The summed E-state index contributed by atoms with van der Waals surface area (Å²) in [5.41, 5.74) is 0.172. The molecular weight excluding hydrogens is 429 g/mol. The Morgan fingerprint density at radius 1 is 1.13 bits per heavy atom. The van der Waals surface area contributed by atoms with E-state index in [-0.39, 0.29) is 34.1 Å². The fourth-order valence-electron chi connectivity index (χ4n) is 4.15. The highest BCUT2D eigenvalue weighted by Crippen LogP contribution is 2.35. The number of benzene rings is 1. The third-order valence-corrected chi connectivity index (χ3v) is 6.15. The maximum absolute atomic E-state index is 13.9. The zero-order chi connectivity index (χ0) is 22.5. The monoisotopic (exact) mass is 450 g/mol. The van der Waals surface area contributed by atoms with Crippen molar-refractivity contribution in [3.63, 3.8) is 0 Å². The molecule has 31 heavy (non-hydrogen) atoms. The first-order valence-corrected chi connectivity index (χ1v) is 10.5. The van der Waals surface area contributed by atoms with E-state index in [0.29, 0.717) is 10.1 Å². The second-order valence-corrected chi connectivity index (χ2v) is 8.51. The summed E-state index contributed by atoms with van der Waals surface area (Å²) in [5.74, 6) is -0.472. The van der Waals surface area contributed by atoms with E-state index in [9.17, 15) is 18.0 Å². The highest BCUT2D eigenvalue weighted by atomic mass is 35.5. The molecule has 0 N–H and O–H groups in total. The van der Waals surface area contributed by atoms with Crippen LogP contribution in [0, 0.1) is 6.92 Å². The molecule has 3 aromatic rings. The van der Waals surface area contributed by atoms with Gasteiger partial charge in [0, 0.05) is 17.6 Å². The van der Waals surface area contributed by atoms with Crippen molar-refractivity contribution >= 4 is 23.2 Å². The highest BCUT2D eigenvalue weighted by Gasteiger charge is 2.38. The zero-order valence-corrected chi connectivity index (χ0v) is 18.1. The molecular formula is C22H22ClF3N4O. The molecule has 0 saturated carbocycles. The van der Waals surface area contributed by atoms with Crippen molar-refractivity contribution in [3.8, 4) is 11.3 Å². The second-order valence-electron chi connectivity index (χ2n) is 8.13. The van der Waals surface area contributed by atoms with Crippen LogP contribution in [0.25, 0.3) is 16.9 Å². The van der Waals surface area contributed by atoms with Crippen LogP contribution in [0.1, 0.15) is 54.9 Å². The summed E-state index contributed by atoms with van der Waals surface area (Å²) >= 11 is 6.41. The summed E-state index contributed by atoms with van der Waals surface area (Å²) in [5, 5.41) is 3.81. The van der Waals surface area contributed by atoms with Crippen molar-refractivity contribution < 1.29 is 18.0 Å². The Morgan fingerprint density at radius 2 is 1.74 bits per heavy atom. The van der Waals surface area contributed by atoms with E-state index in [1.54, 1.807) is 29.2 Å². The highest BCUT2D eigenvalue weighted by molar-refractivity contribution is 6.36. The van der Waals surface area contributed by atoms with Crippen LogP contribution in [-0.4, -0.2) is 37.5 Å². The van der Waals surface area contributed by atoms with E-state index in [0.717, 1.165) is 30.9 Å². The summed E-state index contributed by atoms with van der Waals surface area (Å²) in [6.07, 6.45) is -2.07. The van der Waals surface area contributed by atoms with Crippen molar-refractivity contribution in [2.24, 2.45) is 0 Å². The Bertz CT molecular complexity index is 1130. The first kappa shape index (κ1) is 21.6. The summed E-state index contributed by atoms with van der Waals surface area (Å²) in [6.45, 7) is 5.73. The van der Waals surface area contributed by atoms with Crippen LogP contribution in [0.4, 0.5) is 13.2 Å². The normalized spacial score (nSPS) is 19.8. The number of halogens is 4. The molecule has 3 heterocycles. The van der Waals surface area contributed by atoms with Crippen LogP contribution in [0.2, 0.25) is 5.02 Å². The molecule has 2 atom stereocenters. The van der Waals surface area contributed by atoms with Crippen molar-refractivity contribution in [2.75, 3.05) is 0 Å². The molecule has 0 unspecified atom stereocenters. The van der Waals surface area contributed by atoms with Crippen LogP contribution in [0.5, 0.6) is 0 Å². The number of aryl methyl sites for hydroxylation is 1. The summed E-state index contributed by atoms with van der Waals surface area (Å²) in [6, 6.07) is 7.82. The number of aromatic nitrogens is 3. The summed E-state index contributed by atoms with van der Waals surface area (Å²) in [7, 11) is 0. The average molecular weight is 451 g/mol. The fourth-order valence-corrected chi connectivity index (χ4v) is 4.39. The lowest BCUT2D eigenvalue weighted by Gasteiger charge is -2.38. The van der Waals surface area contributed by atoms with E-state index in [1.165, 1.54) is 0 Å². The summed E-state index contributed by atoms with van der Waals surface area (Å²) in [4.78, 5) is 19.2. The number of piperidine rings is 1. The Hall–Kier alpha value is -2.61. The molecule has 1 amide bonds. The lowest BCUT2D eigenvalue weighted by molar-refractivity contribution is -0.142. The molecule has 9 heteroatoms. The average Bonchev–Trinajstić information content (AvgIpc) is 3.03. The smallest absolute Gasteiger partial charge is 0.332 e. The molecule has 0 radical (unpaired) electrons. The number of hydrogen-bond donors (Lipinski definition) is 0. The van der Waals surface area contributed by atoms with E-state index < -0.39 is 17.8 Å². The molecule has 1 saturated heterocycles. The molecule has 1 aliphatic heterocycles. The first-order valence-electron chi connectivity index (χ1n) is 10.1. The molecule has 2 aromatic heterocycles. The maximum Gasteiger partial charge on any atom is 0.433 e.